The van der Waals surface area contributed by atoms with Crippen molar-refractivity contribution < 1.29 is 24.1 Å². The van der Waals surface area contributed by atoms with Gasteiger partial charge in [-0.3, -0.25) is 4.79 Å². The van der Waals surface area contributed by atoms with Gasteiger partial charge in [0.15, 0.2) is 0 Å². The number of hydrogen-bond donors (Lipinski definition) is 1. The average molecular weight is 302 g/mol. The van der Waals surface area contributed by atoms with E-state index in [1.165, 1.54) is 0 Å². The molecule has 0 unspecified atom stereocenters. The minimum absolute atomic E-state index is 0.0746. The van der Waals surface area contributed by atoms with Crippen LogP contribution in [0.5, 0.6) is 0 Å². The highest BCUT2D eigenvalue weighted by molar-refractivity contribution is 5.72. The molecule has 1 rings (SSSR count). The third kappa shape index (κ3) is 7.25. The van der Waals surface area contributed by atoms with Crippen molar-refractivity contribution >= 4 is 5.97 Å². The SMILES string of the molecule is CCOC(=O)C1CCC(O)(COCCOC(C)(C)C)CC1. The molecule has 21 heavy (non-hydrogen) atoms. The fourth-order valence-corrected chi connectivity index (χ4v) is 2.46. The van der Waals surface area contributed by atoms with Gasteiger partial charge in [0.25, 0.3) is 0 Å². The molecule has 5 heteroatoms. The quantitative estimate of drug-likeness (QED) is 0.577. The summed E-state index contributed by atoms with van der Waals surface area (Å²) >= 11 is 0. The number of rotatable bonds is 7. The monoisotopic (exact) mass is 302 g/mol. The zero-order valence-corrected chi connectivity index (χ0v) is 13.8. The van der Waals surface area contributed by atoms with Gasteiger partial charge in [-0.25, -0.2) is 0 Å². The molecule has 0 aromatic rings. The highest BCUT2D eigenvalue weighted by atomic mass is 16.5. The molecule has 1 aliphatic carbocycles. The molecule has 1 N–H and O–H groups in total. The maximum atomic E-state index is 11.7. The highest BCUT2D eigenvalue weighted by Gasteiger charge is 2.36. The van der Waals surface area contributed by atoms with Crippen molar-refractivity contribution in [3.63, 3.8) is 0 Å². The Kier molecular flexibility index (Phi) is 7.10. The van der Waals surface area contributed by atoms with Crippen LogP contribution in [0, 0.1) is 5.92 Å². The van der Waals surface area contributed by atoms with E-state index in [4.69, 9.17) is 14.2 Å². The summed E-state index contributed by atoms with van der Waals surface area (Å²) in [6, 6.07) is 0. The molecule has 0 amide bonds. The summed E-state index contributed by atoms with van der Waals surface area (Å²) in [5.74, 6) is -0.214. The van der Waals surface area contributed by atoms with E-state index in [0.29, 0.717) is 52.1 Å². The van der Waals surface area contributed by atoms with E-state index < -0.39 is 5.60 Å². The molecule has 0 spiro atoms. The van der Waals surface area contributed by atoms with Crippen LogP contribution in [-0.4, -0.2) is 48.7 Å². The number of esters is 1. The highest BCUT2D eigenvalue weighted by Crippen LogP contribution is 2.33. The van der Waals surface area contributed by atoms with Gasteiger partial charge >= 0.3 is 5.97 Å². The lowest BCUT2D eigenvalue weighted by molar-refractivity contribution is -0.152. The number of carbonyl (C=O) groups is 1. The summed E-state index contributed by atoms with van der Waals surface area (Å²) in [6.45, 7) is 9.51. The van der Waals surface area contributed by atoms with Crippen LogP contribution in [-0.2, 0) is 19.0 Å². The second-order valence-electron chi connectivity index (χ2n) is 6.76. The predicted octanol–water partition coefficient (Wildman–Crippen LogP) is 2.30. The third-order valence-electron chi connectivity index (χ3n) is 3.67. The van der Waals surface area contributed by atoms with Crippen molar-refractivity contribution in [3.05, 3.63) is 0 Å². The summed E-state index contributed by atoms with van der Waals surface area (Å²) in [5, 5.41) is 10.4. The first-order chi connectivity index (χ1) is 9.76. The Hall–Kier alpha value is -0.650. The fraction of sp³-hybridized carbons (Fsp3) is 0.938. The Bertz CT molecular complexity index is 313. The molecule has 0 atom stereocenters. The van der Waals surface area contributed by atoms with Gasteiger partial charge in [-0.05, 0) is 53.4 Å². The van der Waals surface area contributed by atoms with E-state index in [1.54, 1.807) is 0 Å². The Labute approximate surface area is 128 Å². The van der Waals surface area contributed by atoms with Crippen molar-refractivity contribution in [3.8, 4) is 0 Å². The molecular weight excluding hydrogens is 272 g/mol. The molecular formula is C16H30O5. The van der Waals surface area contributed by atoms with Gasteiger partial charge in [0.05, 0.1) is 43.5 Å². The fourth-order valence-electron chi connectivity index (χ4n) is 2.46. The summed E-state index contributed by atoms with van der Waals surface area (Å²) in [5.41, 5.74) is -0.983. The molecule has 0 radical (unpaired) electrons. The van der Waals surface area contributed by atoms with Crippen molar-refractivity contribution in [2.24, 2.45) is 5.92 Å². The van der Waals surface area contributed by atoms with Crippen molar-refractivity contribution in [1.29, 1.82) is 0 Å². The molecule has 0 heterocycles. The average Bonchev–Trinajstić information content (AvgIpc) is 2.38. The van der Waals surface area contributed by atoms with Crippen LogP contribution in [0.3, 0.4) is 0 Å². The maximum absolute atomic E-state index is 11.7. The van der Waals surface area contributed by atoms with Crippen LogP contribution in [0.4, 0.5) is 0 Å². The van der Waals surface area contributed by atoms with Crippen molar-refractivity contribution in [2.75, 3.05) is 26.4 Å². The van der Waals surface area contributed by atoms with Gasteiger partial charge in [-0.2, -0.15) is 0 Å². The van der Waals surface area contributed by atoms with Crippen LogP contribution >= 0.6 is 0 Å². The minimum atomic E-state index is -0.815. The van der Waals surface area contributed by atoms with E-state index in [1.807, 2.05) is 27.7 Å². The molecule has 0 bridgehead atoms. The first kappa shape index (κ1) is 18.4. The standard InChI is InChI=1S/C16H30O5/c1-5-20-14(17)13-6-8-16(18,9-7-13)12-19-10-11-21-15(2,3)4/h13,18H,5-12H2,1-4H3. The van der Waals surface area contributed by atoms with Gasteiger partial charge in [0, 0.05) is 0 Å². The van der Waals surface area contributed by atoms with Crippen LogP contribution in [0.2, 0.25) is 0 Å². The van der Waals surface area contributed by atoms with E-state index >= 15 is 0 Å². The van der Waals surface area contributed by atoms with Crippen LogP contribution in [0.15, 0.2) is 0 Å². The molecule has 0 saturated heterocycles. The zero-order chi connectivity index (χ0) is 15.9. The van der Waals surface area contributed by atoms with Gasteiger partial charge in [0.2, 0.25) is 0 Å². The Morgan fingerprint density at radius 2 is 1.86 bits per heavy atom. The number of carbonyl (C=O) groups excluding carboxylic acids is 1. The largest absolute Gasteiger partial charge is 0.466 e. The normalized spacial score (nSPS) is 26.6. The number of ether oxygens (including phenoxy) is 3. The van der Waals surface area contributed by atoms with Gasteiger partial charge in [-0.1, -0.05) is 0 Å². The molecule has 1 aliphatic rings. The predicted molar refractivity (Wildman–Crippen MR) is 80.1 cm³/mol. The smallest absolute Gasteiger partial charge is 0.308 e. The molecule has 5 nitrogen and oxygen atoms in total. The summed E-state index contributed by atoms with van der Waals surface area (Å²) in [4.78, 5) is 11.7. The van der Waals surface area contributed by atoms with E-state index in [-0.39, 0.29) is 17.5 Å². The lowest BCUT2D eigenvalue weighted by Gasteiger charge is -2.34. The lowest BCUT2D eigenvalue weighted by atomic mass is 9.79. The second-order valence-corrected chi connectivity index (χ2v) is 6.76. The summed E-state index contributed by atoms with van der Waals surface area (Å²) < 4.78 is 16.1. The number of aliphatic hydroxyl groups is 1. The van der Waals surface area contributed by atoms with Gasteiger partial charge in [0.1, 0.15) is 0 Å². The molecule has 1 fully saturated rings. The minimum Gasteiger partial charge on any atom is -0.466 e. The number of hydrogen-bond acceptors (Lipinski definition) is 5. The first-order valence-electron chi connectivity index (χ1n) is 7.86. The van der Waals surface area contributed by atoms with Crippen molar-refractivity contribution in [1.82, 2.24) is 0 Å². The first-order valence-corrected chi connectivity index (χ1v) is 7.86. The third-order valence-corrected chi connectivity index (χ3v) is 3.67. The van der Waals surface area contributed by atoms with E-state index in [9.17, 15) is 9.90 Å². The second kappa shape index (κ2) is 8.11. The Morgan fingerprint density at radius 3 is 2.38 bits per heavy atom. The van der Waals surface area contributed by atoms with Crippen LogP contribution < -0.4 is 0 Å². The van der Waals surface area contributed by atoms with Gasteiger partial charge < -0.3 is 19.3 Å². The molecule has 0 aromatic carbocycles. The molecule has 1 saturated carbocycles. The van der Waals surface area contributed by atoms with Crippen LogP contribution in [0.1, 0.15) is 53.4 Å². The Morgan fingerprint density at radius 1 is 1.24 bits per heavy atom. The maximum Gasteiger partial charge on any atom is 0.308 e. The van der Waals surface area contributed by atoms with Crippen molar-refractivity contribution in [2.45, 2.75) is 64.6 Å². The van der Waals surface area contributed by atoms with E-state index in [2.05, 4.69) is 0 Å². The molecule has 0 aromatic heterocycles. The summed E-state index contributed by atoms with van der Waals surface area (Å²) in [7, 11) is 0. The molecule has 0 aliphatic heterocycles. The van der Waals surface area contributed by atoms with E-state index in [0.717, 1.165) is 0 Å². The zero-order valence-electron chi connectivity index (χ0n) is 13.8. The molecule has 124 valence electrons. The topological polar surface area (TPSA) is 65.0 Å². The lowest BCUT2D eigenvalue weighted by Crippen LogP contribution is -2.40. The Balaban J connectivity index is 2.20. The summed E-state index contributed by atoms with van der Waals surface area (Å²) in [6.07, 6.45) is 2.49. The van der Waals surface area contributed by atoms with Gasteiger partial charge in [-0.15, -0.1) is 0 Å². The van der Waals surface area contributed by atoms with Crippen LogP contribution in [0.25, 0.3) is 0 Å².